The Bertz CT molecular complexity index is 605. The zero-order valence-electron chi connectivity index (χ0n) is 11.7. The Morgan fingerprint density at radius 1 is 1.60 bits per heavy atom. The fourth-order valence-electron chi connectivity index (χ4n) is 3.02. The normalized spacial score (nSPS) is 23.9. The molecular formula is C14H19N3O2S. The average Bonchev–Trinajstić information content (AvgIpc) is 3.02. The summed E-state index contributed by atoms with van der Waals surface area (Å²) in [7, 11) is 0. The van der Waals surface area contributed by atoms with E-state index in [1.54, 1.807) is 11.3 Å². The van der Waals surface area contributed by atoms with E-state index in [1.807, 2.05) is 36.0 Å². The van der Waals surface area contributed by atoms with Crippen molar-refractivity contribution in [2.45, 2.75) is 26.8 Å². The van der Waals surface area contributed by atoms with Gasteiger partial charge < -0.3 is 5.11 Å². The SMILES string of the molecule is CC(C)C1(C(=O)O)CCN(Cc2cn3ccsc3n2)C1. The summed E-state index contributed by atoms with van der Waals surface area (Å²) < 4.78 is 2.02. The highest BCUT2D eigenvalue weighted by Crippen LogP contribution is 2.38. The van der Waals surface area contributed by atoms with Gasteiger partial charge in [-0.1, -0.05) is 13.8 Å². The summed E-state index contributed by atoms with van der Waals surface area (Å²) in [6.07, 6.45) is 4.75. The molecule has 3 rings (SSSR count). The molecule has 3 heterocycles. The number of hydrogen-bond donors (Lipinski definition) is 1. The molecule has 0 bridgehead atoms. The molecule has 108 valence electrons. The molecule has 1 aliphatic heterocycles. The highest BCUT2D eigenvalue weighted by atomic mass is 32.1. The second-order valence-corrected chi connectivity index (χ2v) is 6.77. The van der Waals surface area contributed by atoms with Crippen molar-refractivity contribution in [2.75, 3.05) is 13.1 Å². The first-order valence-corrected chi connectivity index (χ1v) is 7.76. The van der Waals surface area contributed by atoms with Crippen LogP contribution in [0.15, 0.2) is 17.8 Å². The molecule has 1 saturated heterocycles. The molecule has 0 spiro atoms. The van der Waals surface area contributed by atoms with E-state index in [9.17, 15) is 9.90 Å². The Morgan fingerprint density at radius 3 is 3.00 bits per heavy atom. The summed E-state index contributed by atoms with van der Waals surface area (Å²) in [6.45, 7) is 6.19. The second-order valence-electron chi connectivity index (χ2n) is 5.90. The van der Waals surface area contributed by atoms with Crippen LogP contribution in [0.1, 0.15) is 26.0 Å². The van der Waals surface area contributed by atoms with E-state index in [2.05, 4.69) is 9.88 Å². The summed E-state index contributed by atoms with van der Waals surface area (Å²) in [5.41, 5.74) is 0.415. The molecule has 1 aliphatic rings. The number of likely N-dealkylation sites (tertiary alicyclic amines) is 1. The van der Waals surface area contributed by atoms with Crippen molar-refractivity contribution in [1.82, 2.24) is 14.3 Å². The van der Waals surface area contributed by atoms with Crippen LogP contribution in [-0.2, 0) is 11.3 Å². The molecule has 5 nitrogen and oxygen atoms in total. The van der Waals surface area contributed by atoms with Gasteiger partial charge in [0.2, 0.25) is 0 Å². The molecule has 1 atom stereocenters. The van der Waals surface area contributed by atoms with E-state index in [0.717, 1.165) is 30.2 Å². The molecule has 0 aromatic carbocycles. The highest BCUT2D eigenvalue weighted by molar-refractivity contribution is 7.15. The molecule has 0 aliphatic carbocycles. The first kappa shape index (κ1) is 13.6. The highest BCUT2D eigenvalue weighted by Gasteiger charge is 2.47. The average molecular weight is 293 g/mol. The molecular weight excluding hydrogens is 274 g/mol. The minimum absolute atomic E-state index is 0.149. The third kappa shape index (κ3) is 2.13. The van der Waals surface area contributed by atoms with E-state index >= 15 is 0 Å². The van der Waals surface area contributed by atoms with Gasteiger partial charge in [-0.15, -0.1) is 11.3 Å². The number of rotatable bonds is 4. The topological polar surface area (TPSA) is 57.8 Å². The summed E-state index contributed by atoms with van der Waals surface area (Å²) >= 11 is 1.61. The van der Waals surface area contributed by atoms with Crippen LogP contribution in [0.4, 0.5) is 0 Å². The van der Waals surface area contributed by atoms with Crippen LogP contribution in [-0.4, -0.2) is 38.4 Å². The van der Waals surface area contributed by atoms with Crippen LogP contribution in [0, 0.1) is 11.3 Å². The van der Waals surface area contributed by atoms with Crippen molar-refractivity contribution < 1.29 is 9.90 Å². The van der Waals surface area contributed by atoms with Crippen LogP contribution < -0.4 is 0 Å². The maximum absolute atomic E-state index is 11.6. The number of carboxylic acid groups (broad SMARTS) is 1. The van der Waals surface area contributed by atoms with Gasteiger partial charge in [0, 0.05) is 30.9 Å². The molecule has 2 aromatic heterocycles. The van der Waals surface area contributed by atoms with Gasteiger partial charge in [0.05, 0.1) is 11.1 Å². The lowest BCUT2D eigenvalue weighted by atomic mass is 9.76. The number of fused-ring (bicyclic) bond motifs is 1. The number of thiazole rings is 1. The van der Waals surface area contributed by atoms with Crippen molar-refractivity contribution >= 4 is 22.3 Å². The molecule has 0 radical (unpaired) electrons. The van der Waals surface area contributed by atoms with Crippen LogP contribution in [0.2, 0.25) is 0 Å². The number of imidazole rings is 1. The van der Waals surface area contributed by atoms with Gasteiger partial charge in [0.15, 0.2) is 4.96 Å². The van der Waals surface area contributed by atoms with Gasteiger partial charge in [-0.2, -0.15) is 0 Å². The van der Waals surface area contributed by atoms with Gasteiger partial charge in [-0.05, 0) is 18.9 Å². The number of carbonyl (C=O) groups is 1. The van der Waals surface area contributed by atoms with Gasteiger partial charge in [0.25, 0.3) is 0 Å². The minimum atomic E-state index is -0.666. The van der Waals surface area contributed by atoms with Gasteiger partial charge in [0.1, 0.15) is 0 Å². The Balaban J connectivity index is 1.74. The minimum Gasteiger partial charge on any atom is -0.481 e. The Hall–Kier alpha value is -1.40. The Kier molecular flexibility index (Phi) is 3.30. The summed E-state index contributed by atoms with van der Waals surface area (Å²) in [5.74, 6) is -0.517. The summed E-state index contributed by atoms with van der Waals surface area (Å²) in [4.78, 5) is 19.4. The van der Waals surface area contributed by atoms with E-state index < -0.39 is 11.4 Å². The lowest BCUT2D eigenvalue weighted by Crippen LogP contribution is -2.39. The monoisotopic (exact) mass is 293 g/mol. The number of aromatic nitrogens is 2. The maximum Gasteiger partial charge on any atom is 0.311 e. The van der Waals surface area contributed by atoms with Crippen molar-refractivity contribution in [1.29, 1.82) is 0 Å². The van der Waals surface area contributed by atoms with Crippen LogP contribution in [0.25, 0.3) is 4.96 Å². The molecule has 6 heteroatoms. The third-order valence-electron chi connectivity index (χ3n) is 4.44. The fraction of sp³-hybridized carbons (Fsp3) is 0.571. The molecule has 0 amide bonds. The van der Waals surface area contributed by atoms with Gasteiger partial charge in [-0.25, -0.2) is 4.98 Å². The third-order valence-corrected chi connectivity index (χ3v) is 5.21. The Labute approximate surface area is 121 Å². The van der Waals surface area contributed by atoms with E-state index in [0.29, 0.717) is 6.54 Å². The predicted octanol–water partition coefficient (Wildman–Crippen LogP) is 2.33. The molecule has 0 saturated carbocycles. The zero-order valence-corrected chi connectivity index (χ0v) is 12.6. The van der Waals surface area contributed by atoms with Crippen LogP contribution in [0.3, 0.4) is 0 Å². The molecule has 1 N–H and O–H groups in total. The number of aliphatic carboxylic acids is 1. The molecule has 2 aromatic rings. The molecule has 20 heavy (non-hydrogen) atoms. The quantitative estimate of drug-likeness (QED) is 0.940. The molecule has 1 fully saturated rings. The number of hydrogen-bond acceptors (Lipinski definition) is 4. The van der Waals surface area contributed by atoms with Crippen LogP contribution in [0.5, 0.6) is 0 Å². The van der Waals surface area contributed by atoms with Crippen LogP contribution >= 0.6 is 11.3 Å². The maximum atomic E-state index is 11.6. The lowest BCUT2D eigenvalue weighted by molar-refractivity contribution is -0.151. The van der Waals surface area contributed by atoms with Gasteiger partial charge >= 0.3 is 5.97 Å². The van der Waals surface area contributed by atoms with Crippen molar-refractivity contribution in [2.24, 2.45) is 11.3 Å². The van der Waals surface area contributed by atoms with Gasteiger partial charge in [-0.3, -0.25) is 14.1 Å². The first-order valence-electron chi connectivity index (χ1n) is 6.88. The van der Waals surface area contributed by atoms with E-state index in [1.165, 1.54) is 0 Å². The van der Waals surface area contributed by atoms with Crippen molar-refractivity contribution in [3.8, 4) is 0 Å². The number of nitrogens with zero attached hydrogens (tertiary/aromatic N) is 3. The van der Waals surface area contributed by atoms with Crippen molar-refractivity contribution in [3.05, 3.63) is 23.5 Å². The summed E-state index contributed by atoms with van der Waals surface area (Å²) in [6, 6.07) is 0. The first-order chi connectivity index (χ1) is 9.51. The smallest absolute Gasteiger partial charge is 0.311 e. The predicted molar refractivity (Wildman–Crippen MR) is 77.9 cm³/mol. The molecule has 1 unspecified atom stereocenters. The zero-order chi connectivity index (χ0) is 14.3. The van der Waals surface area contributed by atoms with Crippen molar-refractivity contribution in [3.63, 3.8) is 0 Å². The summed E-state index contributed by atoms with van der Waals surface area (Å²) in [5, 5.41) is 11.6. The van der Waals surface area contributed by atoms with E-state index in [4.69, 9.17) is 0 Å². The number of carboxylic acids is 1. The largest absolute Gasteiger partial charge is 0.481 e. The van der Waals surface area contributed by atoms with E-state index in [-0.39, 0.29) is 5.92 Å². The Morgan fingerprint density at radius 2 is 2.40 bits per heavy atom. The second kappa shape index (κ2) is 4.86. The fourth-order valence-corrected chi connectivity index (χ4v) is 3.74. The lowest BCUT2D eigenvalue weighted by Gasteiger charge is -2.28. The standard InChI is InChI=1S/C14H19N3O2S/c1-10(2)14(12(18)19)3-4-16(9-14)7-11-8-17-5-6-20-13(17)15-11/h5-6,8,10H,3-4,7,9H2,1-2H3,(H,18,19).